The monoisotopic (exact) mass is 334 g/mol. The number of nitrogens with zero attached hydrogens (tertiary/aromatic N) is 2. The Morgan fingerprint density at radius 2 is 1.59 bits per heavy atom. The van der Waals surface area contributed by atoms with Crippen molar-refractivity contribution in [3.05, 3.63) is 60.4 Å². The summed E-state index contributed by atoms with van der Waals surface area (Å²) >= 11 is 0. The van der Waals surface area contributed by atoms with Crippen LogP contribution in [0.25, 0.3) is 0 Å². The van der Waals surface area contributed by atoms with Crippen molar-refractivity contribution < 1.29 is 9.90 Å². The molecule has 2 rings (SSSR count). The van der Waals surface area contributed by atoms with Crippen LogP contribution < -0.4 is 0 Å². The number of pyridine rings is 2. The molecule has 0 aromatic carbocycles. The lowest BCUT2D eigenvalue weighted by molar-refractivity contribution is -0.132. The van der Waals surface area contributed by atoms with Gasteiger partial charge >= 0.3 is 5.97 Å². The van der Waals surface area contributed by atoms with Crippen LogP contribution in [0.4, 0.5) is 0 Å². The second kappa shape index (κ2) is 10.9. The van der Waals surface area contributed by atoms with Gasteiger partial charge in [0.1, 0.15) is 10.1 Å². The first kappa shape index (κ1) is 18.3. The Kier molecular flexibility index (Phi) is 9.02. The molecule has 6 heteroatoms. The molecule has 1 N–H and O–H groups in total. The zero-order valence-corrected chi connectivity index (χ0v) is 14.1. The number of carboxylic acid groups (broad SMARTS) is 1. The van der Waals surface area contributed by atoms with Gasteiger partial charge in [0.15, 0.2) is 0 Å². The summed E-state index contributed by atoms with van der Waals surface area (Å²) < 4.78 is 0. The lowest BCUT2D eigenvalue weighted by atomic mass is 10.2. The van der Waals surface area contributed by atoms with Gasteiger partial charge in [-0.1, -0.05) is 25.1 Å². The molecule has 2 heterocycles. The van der Waals surface area contributed by atoms with E-state index in [1.165, 1.54) is 0 Å². The van der Waals surface area contributed by atoms with E-state index in [2.05, 4.69) is 9.97 Å². The van der Waals surface area contributed by atoms with Gasteiger partial charge in [0, 0.05) is 18.0 Å². The topological polar surface area (TPSA) is 63.1 Å². The SMILES string of the molecule is CCC=C(C)C(=O)O.c1ccc(SSc2ccccn2)nc1. The highest BCUT2D eigenvalue weighted by Gasteiger charge is 1.97. The number of rotatable bonds is 5. The molecule has 22 heavy (non-hydrogen) atoms. The standard InChI is InChI=1S/C10H8N2S2.C6H10O2/c1-3-7-11-9(5-1)13-14-10-6-2-4-8-12-10;1-3-4-5(2)6(7)8/h1-8H;4H,3H2,1-2H3,(H,7,8). The minimum atomic E-state index is -0.827. The second-order valence-electron chi connectivity index (χ2n) is 4.10. The van der Waals surface area contributed by atoms with Gasteiger partial charge in [0.2, 0.25) is 0 Å². The summed E-state index contributed by atoms with van der Waals surface area (Å²) in [6.45, 7) is 3.50. The van der Waals surface area contributed by atoms with Crippen molar-refractivity contribution >= 4 is 27.6 Å². The molecule has 4 nitrogen and oxygen atoms in total. The van der Waals surface area contributed by atoms with E-state index in [0.29, 0.717) is 5.57 Å². The third-order valence-corrected chi connectivity index (χ3v) is 4.52. The number of aromatic nitrogens is 2. The molecule has 0 fully saturated rings. The summed E-state index contributed by atoms with van der Waals surface area (Å²) in [5.74, 6) is -0.827. The highest BCUT2D eigenvalue weighted by atomic mass is 33.1. The molecule has 2 aromatic heterocycles. The lowest BCUT2D eigenvalue weighted by Crippen LogP contribution is -1.94. The highest BCUT2D eigenvalue weighted by Crippen LogP contribution is 2.34. The third kappa shape index (κ3) is 7.85. The summed E-state index contributed by atoms with van der Waals surface area (Å²) in [6.07, 6.45) is 6.06. The average molecular weight is 334 g/mol. The minimum absolute atomic E-state index is 0.424. The van der Waals surface area contributed by atoms with Gasteiger partial charge in [-0.2, -0.15) is 0 Å². The van der Waals surface area contributed by atoms with E-state index in [0.717, 1.165) is 16.5 Å². The molecule has 0 spiro atoms. The number of aliphatic carboxylic acids is 1. The van der Waals surface area contributed by atoms with Gasteiger partial charge in [-0.05, 0) is 59.2 Å². The van der Waals surface area contributed by atoms with Crippen LogP contribution in [-0.2, 0) is 4.79 Å². The molecule has 0 saturated carbocycles. The molecule has 2 aromatic rings. The van der Waals surface area contributed by atoms with E-state index in [1.54, 1.807) is 47.0 Å². The summed E-state index contributed by atoms with van der Waals surface area (Å²) in [6, 6.07) is 11.8. The van der Waals surface area contributed by atoms with Crippen molar-refractivity contribution in [1.29, 1.82) is 0 Å². The molecular weight excluding hydrogens is 316 g/mol. The first-order chi connectivity index (χ1) is 10.6. The molecular formula is C16H18N2O2S2. The van der Waals surface area contributed by atoms with Crippen LogP contribution in [-0.4, -0.2) is 21.0 Å². The molecule has 0 aliphatic carbocycles. The number of carboxylic acids is 1. The Hall–Kier alpha value is -1.79. The summed E-state index contributed by atoms with van der Waals surface area (Å²) in [5.41, 5.74) is 0.424. The number of hydrogen-bond donors (Lipinski definition) is 1. The van der Waals surface area contributed by atoms with Crippen molar-refractivity contribution in [2.75, 3.05) is 0 Å². The fourth-order valence-corrected chi connectivity index (χ4v) is 3.02. The van der Waals surface area contributed by atoms with E-state index in [4.69, 9.17) is 5.11 Å². The first-order valence-electron chi connectivity index (χ1n) is 6.70. The fraction of sp³-hybridized carbons (Fsp3) is 0.188. The zero-order chi connectivity index (χ0) is 16.2. The van der Waals surface area contributed by atoms with Crippen molar-refractivity contribution in [2.24, 2.45) is 0 Å². The van der Waals surface area contributed by atoms with Gasteiger partial charge in [0.05, 0.1) is 0 Å². The fourth-order valence-electron chi connectivity index (χ4n) is 1.27. The van der Waals surface area contributed by atoms with Crippen molar-refractivity contribution in [3.8, 4) is 0 Å². The van der Waals surface area contributed by atoms with E-state index in [9.17, 15) is 4.79 Å². The molecule has 0 aliphatic heterocycles. The predicted octanol–water partition coefficient (Wildman–Crippen LogP) is 4.70. The van der Waals surface area contributed by atoms with Gasteiger partial charge in [-0.3, -0.25) is 0 Å². The van der Waals surface area contributed by atoms with Crippen LogP contribution in [0, 0.1) is 0 Å². The Labute approximate surface area is 138 Å². The molecule has 0 saturated heterocycles. The van der Waals surface area contributed by atoms with Gasteiger partial charge < -0.3 is 5.11 Å². The second-order valence-corrected chi connectivity index (χ2v) is 6.27. The summed E-state index contributed by atoms with van der Waals surface area (Å²) in [5, 5.41) is 10.3. The Bertz CT molecular complexity index is 550. The average Bonchev–Trinajstić information content (AvgIpc) is 2.56. The predicted molar refractivity (Wildman–Crippen MR) is 91.9 cm³/mol. The van der Waals surface area contributed by atoms with E-state index >= 15 is 0 Å². The van der Waals surface area contributed by atoms with Crippen molar-refractivity contribution in [3.63, 3.8) is 0 Å². The van der Waals surface area contributed by atoms with Crippen molar-refractivity contribution in [1.82, 2.24) is 9.97 Å². The number of allylic oxidation sites excluding steroid dienone is 1. The Morgan fingerprint density at radius 3 is 1.86 bits per heavy atom. The van der Waals surface area contributed by atoms with E-state index < -0.39 is 5.97 Å². The van der Waals surface area contributed by atoms with Crippen LogP contribution in [0.15, 0.2) is 70.5 Å². The molecule has 0 radical (unpaired) electrons. The maximum Gasteiger partial charge on any atom is 0.330 e. The van der Waals surface area contributed by atoms with Gasteiger partial charge in [0.25, 0.3) is 0 Å². The number of carbonyl (C=O) groups is 1. The van der Waals surface area contributed by atoms with Crippen LogP contribution in [0.1, 0.15) is 20.3 Å². The molecule has 0 amide bonds. The smallest absolute Gasteiger partial charge is 0.330 e. The summed E-state index contributed by atoms with van der Waals surface area (Å²) in [4.78, 5) is 18.4. The third-order valence-electron chi connectivity index (χ3n) is 2.34. The Morgan fingerprint density at radius 1 is 1.09 bits per heavy atom. The van der Waals surface area contributed by atoms with Crippen LogP contribution in [0.2, 0.25) is 0 Å². The highest BCUT2D eigenvalue weighted by molar-refractivity contribution is 8.76. The van der Waals surface area contributed by atoms with Crippen molar-refractivity contribution in [2.45, 2.75) is 30.3 Å². The molecule has 0 bridgehead atoms. The van der Waals surface area contributed by atoms with Crippen LogP contribution in [0.5, 0.6) is 0 Å². The number of hydrogen-bond acceptors (Lipinski definition) is 5. The van der Waals surface area contributed by atoms with Crippen LogP contribution in [0.3, 0.4) is 0 Å². The maximum absolute atomic E-state index is 10.0. The summed E-state index contributed by atoms with van der Waals surface area (Å²) in [7, 11) is 3.23. The molecule has 0 atom stereocenters. The quantitative estimate of drug-likeness (QED) is 0.631. The Balaban J connectivity index is 0.000000261. The van der Waals surface area contributed by atoms with Gasteiger partial charge in [-0.25, -0.2) is 14.8 Å². The van der Waals surface area contributed by atoms with Crippen LogP contribution >= 0.6 is 21.6 Å². The molecule has 0 unspecified atom stereocenters. The van der Waals surface area contributed by atoms with E-state index in [1.807, 2.05) is 43.3 Å². The maximum atomic E-state index is 10.0. The normalized spacial score (nSPS) is 10.5. The van der Waals surface area contributed by atoms with Gasteiger partial charge in [-0.15, -0.1) is 0 Å². The molecule has 0 aliphatic rings. The molecule has 116 valence electrons. The lowest BCUT2D eigenvalue weighted by Gasteiger charge is -1.97. The largest absolute Gasteiger partial charge is 0.478 e. The zero-order valence-electron chi connectivity index (χ0n) is 12.5. The minimum Gasteiger partial charge on any atom is -0.478 e. The van der Waals surface area contributed by atoms with E-state index in [-0.39, 0.29) is 0 Å². The first-order valence-corrected chi connectivity index (χ1v) is 8.85.